The number of nitrogens with zero attached hydrogens (tertiary/aromatic N) is 5. The number of hydrogen-bond donors (Lipinski definition) is 1. The first-order chi connectivity index (χ1) is 16.9. The summed E-state index contributed by atoms with van der Waals surface area (Å²) in [5.41, 5.74) is 5.51. The van der Waals surface area contributed by atoms with Crippen LogP contribution in [0.25, 0.3) is 17.1 Å². The fourth-order valence-electron chi connectivity index (χ4n) is 3.14. The van der Waals surface area contributed by atoms with E-state index in [0.717, 1.165) is 16.8 Å². The molecule has 0 spiro atoms. The van der Waals surface area contributed by atoms with Crippen LogP contribution in [-0.2, 0) is 4.79 Å². The van der Waals surface area contributed by atoms with Crippen molar-refractivity contribution < 1.29 is 9.72 Å². The molecule has 3 aromatic carbocycles. The third kappa shape index (κ3) is 5.92. The molecule has 4 aromatic rings. The van der Waals surface area contributed by atoms with E-state index >= 15 is 0 Å². The molecule has 35 heavy (non-hydrogen) atoms. The summed E-state index contributed by atoms with van der Waals surface area (Å²) < 4.78 is 1.90. The fraction of sp³-hybridized carbons (Fsp3) is 0.0833. The van der Waals surface area contributed by atoms with Crippen LogP contribution < -0.4 is 5.43 Å². The van der Waals surface area contributed by atoms with E-state index in [1.54, 1.807) is 0 Å². The number of hydrazone groups is 1. The zero-order valence-electron chi connectivity index (χ0n) is 18.5. The Balaban J connectivity index is 1.48. The molecular weight excluding hydrogens is 488 g/mol. The maximum Gasteiger partial charge on any atom is 0.270 e. The van der Waals surface area contributed by atoms with Crippen molar-refractivity contribution in [1.82, 2.24) is 20.2 Å². The number of carbonyl (C=O) groups excluding carboxylic acids is 1. The normalized spacial score (nSPS) is 11.0. The first-order valence-electron chi connectivity index (χ1n) is 10.4. The van der Waals surface area contributed by atoms with Gasteiger partial charge in [0.1, 0.15) is 0 Å². The Bertz CT molecular complexity index is 1390. The Morgan fingerprint density at radius 3 is 2.60 bits per heavy atom. The zero-order valence-corrected chi connectivity index (χ0v) is 20.0. The molecule has 0 unspecified atom stereocenters. The molecule has 0 saturated carbocycles. The predicted molar refractivity (Wildman–Crippen MR) is 136 cm³/mol. The van der Waals surface area contributed by atoms with E-state index in [4.69, 9.17) is 11.6 Å². The number of hydrogen-bond acceptors (Lipinski definition) is 7. The fourth-order valence-corrected chi connectivity index (χ4v) is 4.05. The van der Waals surface area contributed by atoms with Gasteiger partial charge in [-0.05, 0) is 25.1 Å². The maximum absolute atomic E-state index is 12.4. The molecule has 0 aliphatic heterocycles. The van der Waals surface area contributed by atoms with Gasteiger partial charge in [0, 0.05) is 34.0 Å². The van der Waals surface area contributed by atoms with Crippen LogP contribution in [-0.4, -0.2) is 37.6 Å². The number of halogens is 1. The summed E-state index contributed by atoms with van der Waals surface area (Å²) in [6.45, 7) is 2.01. The molecule has 1 amide bonds. The lowest BCUT2D eigenvalue weighted by Gasteiger charge is -2.10. The number of para-hydroxylation sites is 1. The van der Waals surface area contributed by atoms with Gasteiger partial charge in [-0.1, -0.05) is 71.4 Å². The average molecular weight is 507 g/mol. The molecule has 0 saturated heterocycles. The van der Waals surface area contributed by atoms with Crippen LogP contribution in [0.3, 0.4) is 0 Å². The predicted octanol–water partition coefficient (Wildman–Crippen LogP) is 5.05. The number of nitro benzene ring substituents is 1. The van der Waals surface area contributed by atoms with E-state index < -0.39 is 4.92 Å². The number of amides is 1. The van der Waals surface area contributed by atoms with Gasteiger partial charge < -0.3 is 0 Å². The highest BCUT2D eigenvalue weighted by Gasteiger charge is 2.17. The molecule has 4 rings (SSSR count). The molecule has 1 heterocycles. The quantitative estimate of drug-likeness (QED) is 0.155. The summed E-state index contributed by atoms with van der Waals surface area (Å²) in [6.07, 6.45) is 1.26. The smallest absolute Gasteiger partial charge is 0.270 e. The van der Waals surface area contributed by atoms with Gasteiger partial charge in [-0.3, -0.25) is 19.5 Å². The van der Waals surface area contributed by atoms with Gasteiger partial charge in [0.25, 0.3) is 11.6 Å². The van der Waals surface area contributed by atoms with Crippen LogP contribution in [0.5, 0.6) is 0 Å². The van der Waals surface area contributed by atoms with Crippen molar-refractivity contribution in [3.63, 3.8) is 0 Å². The van der Waals surface area contributed by atoms with Gasteiger partial charge in [-0.2, -0.15) is 5.10 Å². The topological polar surface area (TPSA) is 115 Å². The Kier molecular flexibility index (Phi) is 7.54. The van der Waals surface area contributed by atoms with Gasteiger partial charge in [0.05, 0.1) is 16.9 Å². The van der Waals surface area contributed by atoms with Gasteiger partial charge in [0.2, 0.25) is 0 Å². The minimum Gasteiger partial charge on any atom is -0.272 e. The monoisotopic (exact) mass is 506 g/mol. The van der Waals surface area contributed by atoms with E-state index in [2.05, 4.69) is 20.7 Å². The number of rotatable bonds is 8. The van der Waals surface area contributed by atoms with Crippen molar-refractivity contribution in [2.75, 3.05) is 5.75 Å². The largest absolute Gasteiger partial charge is 0.272 e. The molecule has 1 N–H and O–H groups in total. The van der Waals surface area contributed by atoms with Crippen molar-refractivity contribution in [3.8, 4) is 17.1 Å². The Morgan fingerprint density at radius 2 is 1.89 bits per heavy atom. The standard InChI is InChI=1S/C24H19ClN6O3S/c1-16-7-9-17(10-8-16)23-28-29-24(30(23)19-5-3-2-4-6-19)35-15-22(32)27-26-14-18-13-20(31(33)34)11-12-21(18)25/h2-14H,15H2,1H3,(H,27,32). The first-order valence-corrected chi connectivity index (χ1v) is 11.8. The van der Waals surface area contributed by atoms with Crippen molar-refractivity contribution in [2.24, 2.45) is 5.10 Å². The molecule has 9 nitrogen and oxygen atoms in total. The Hall–Kier alpha value is -4.02. The second kappa shape index (κ2) is 10.9. The highest BCUT2D eigenvalue weighted by atomic mass is 35.5. The third-order valence-corrected chi connectivity index (χ3v) is 6.15. The van der Waals surface area contributed by atoms with E-state index in [1.165, 1.54) is 36.2 Å². The number of thioether (sulfide) groups is 1. The van der Waals surface area contributed by atoms with Crippen molar-refractivity contribution in [1.29, 1.82) is 0 Å². The van der Waals surface area contributed by atoms with Crippen LogP contribution in [0.2, 0.25) is 5.02 Å². The molecule has 0 aliphatic carbocycles. The van der Waals surface area contributed by atoms with E-state index in [0.29, 0.717) is 16.5 Å². The van der Waals surface area contributed by atoms with Gasteiger partial charge in [-0.15, -0.1) is 10.2 Å². The summed E-state index contributed by atoms with van der Waals surface area (Å²) in [5, 5.41) is 24.3. The molecule has 176 valence electrons. The molecule has 0 atom stereocenters. The average Bonchev–Trinajstić information content (AvgIpc) is 3.28. The third-order valence-electron chi connectivity index (χ3n) is 4.87. The van der Waals surface area contributed by atoms with Crippen molar-refractivity contribution in [2.45, 2.75) is 12.1 Å². The summed E-state index contributed by atoms with van der Waals surface area (Å²) in [5.74, 6) is 0.309. The van der Waals surface area contributed by atoms with E-state index in [1.807, 2.05) is 66.1 Å². The lowest BCUT2D eigenvalue weighted by atomic mass is 10.1. The van der Waals surface area contributed by atoms with Gasteiger partial charge in [0.15, 0.2) is 11.0 Å². The van der Waals surface area contributed by atoms with Crippen LogP contribution in [0.15, 0.2) is 83.1 Å². The van der Waals surface area contributed by atoms with Crippen LogP contribution >= 0.6 is 23.4 Å². The molecule has 11 heteroatoms. The minimum absolute atomic E-state index is 0.0267. The summed E-state index contributed by atoms with van der Waals surface area (Å²) in [7, 11) is 0. The Morgan fingerprint density at radius 1 is 1.14 bits per heavy atom. The highest BCUT2D eigenvalue weighted by Crippen LogP contribution is 2.28. The van der Waals surface area contributed by atoms with Crippen LogP contribution in [0.4, 0.5) is 5.69 Å². The maximum atomic E-state index is 12.4. The highest BCUT2D eigenvalue weighted by molar-refractivity contribution is 7.99. The number of nitrogens with one attached hydrogen (secondary N) is 1. The summed E-state index contributed by atoms with van der Waals surface area (Å²) in [6, 6.07) is 21.6. The van der Waals surface area contributed by atoms with Gasteiger partial charge in [-0.25, -0.2) is 5.43 Å². The molecule has 0 bridgehead atoms. The van der Waals surface area contributed by atoms with Crippen LogP contribution in [0.1, 0.15) is 11.1 Å². The second-order valence-corrected chi connectivity index (χ2v) is 8.74. The molecular formula is C24H19ClN6O3S. The molecule has 0 fully saturated rings. The first kappa shape index (κ1) is 24.1. The molecule has 0 aliphatic rings. The molecule has 1 aromatic heterocycles. The lowest BCUT2D eigenvalue weighted by Crippen LogP contribution is -2.20. The van der Waals surface area contributed by atoms with Crippen LogP contribution in [0, 0.1) is 17.0 Å². The number of non-ortho nitro benzene ring substituents is 1. The number of carbonyl (C=O) groups is 1. The van der Waals surface area contributed by atoms with Crippen molar-refractivity contribution >= 4 is 41.2 Å². The second-order valence-electron chi connectivity index (χ2n) is 7.39. The molecule has 0 radical (unpaired) electrons. The SMILES string of the molecule is Cc1ccc(-c2nnc(SCC(=O)NN=Cc3cc([N+](=O)[O-])ccc3Cl)n2-c2ccccc2)cc1. The van der Waals surface area contributed by atoms with Gasteiger partial charge >= 0.3 is 0 Å². The van der Waals surface area contributed by atoms with E-state index in [-0.39, 0.29) is 22.4 Å². The summed E-state index contributed by atoms with van der Waals surface area (Å²) >= 11 is 7.26. The van der Waals surface area contributed by atoms with Crippen molar-refractivity contribution in [3.05, 3.63) is 99.1 Å². The Labute approximate surface area is 210 Å². The number of nitro groups is 1. The lowest BCUT2D eigenvalue weighted by molar-refractivity contribution is -0.384. The number of aromatic nitrogens is 3. The van der Waals surface area contributed by atoms with E-state index in [9.17, 15) is 14.9 Å². The zero-order chi connectivity index (χ0) is 24.8. The number of benzene rings is 3. The number of aryl methyl sites for hydroxylation is 1. The summed E-state index contributed by atoms with van der Waals surface area (Å²) in [4.78, 5) is 22.8. The minimum atomic E-state index is -0.531.